The Balaban J connectivity index is 2.34. The summed E-state index contributed by atoms with van der Waals surface area (Å²) in [5.41, 5.74) is 7.96. The lowest BCUT2D eigenvalue weighted by Crippen LogP contribution is -2.46. The zero-order valence-electron chi connectivity index (χ0n) is 9.65. The summed E-state index contributed by atoms with van der Waals surface area (Å²) in [6, 6.07) is 8.12. The van der Waals surface area contributed by atoms with Crippen molar-refractivity contribution in [3.63, 3.8) is 0 Å². The van der Waals surface area contributed by atoms with Crippen LogP contribution < -0.4 is 10.6 Å². The number of nitrogens with two attached hydrogens (primary N) is 1. The summed E-state index contributed by atoms with van der Waals surface area (Å²) in [6.45, 7) is 2.94. The average molecular weight is 218 g/mol. The second-order valence-electron chi connectivity index (χ2n) is 4.25. The molecule has 0 bridgehead atoms. The van der Waals surface area contributed by atoms with Gasteiger partial charge in [0.1, 0.15) is 6.04 Å². The summed E-state index contributed by atoms with van der Waals surface area (Å²) < 4.78 is 0. The molecule has 0 saturated heterocycles. The lowest BCUT2D eigenvalue weighted by Gasteiger charge is -2.36. The van der Waals surface area contributed by atoms with E-state index in [0.29, 0.717) is 0 Å². The summed E-state index contributed by atoms with van der Waals surface area (Å²) in [7, 11) is 0. The predicted molar refractivity (Wildman–Crippen MR) is 65.4 cm³/mol. The van der Waals surface area contributed by atoms with Gasteiger partial charge in [0.2, 0.25) is 5.91 Å². The molecule has 1 aliphatic rings. The van der Waals surface area contributed by atoms with E-state index in [-0.39, 0.29) is 11.9 Å². The SMILES string of the molecule is CCC(C(N)=O)N1CCCc2ccccc21. The van der Waals surface area contributed by atoms with Crippen molar-refractivity contribution in [2.24, 2.45) is 5.73 Å². The number of anilines is 1. The summed E-state index contributed by atoms with van der Waals surface area (Å²) in [4.78, 5) is 13.6. The Hall–Kier alpha value is -1.51. The molecule has 1 aliphatic heterocycles. The maximum atomic E-state index is 11.4. The van der Waals surface area contributed by atoms with Gasteiger partial charge in [0, 0.05) is 12.2 Å². The topological polar surface area (TPSA) is 46.3 Å². The quantitative estimate of drug-likeness (QED) is 0.839. The van der Waals surface area contributed by atoms with Gasteiger partial charge in [0.25, 0.3) is 0 Å². The number of benzene rings is 1. The van der Waals surface area contributed by atoms with Crippen LogP contribution in [-0.2, 0) is 11.2 Å². The lowest BCUT2D eigenvalue weighted by molar-refractivity contribution is -0.119. The van der Waals surface area contributed by atoms with Gasteiger partial charge in [-0.15, -0.1) is 0 Å². The molecule has 1 aromatic carbocycles. The first-order valence-corrected chi connectivity index (χ1v) is 5.88. The fraction of sp³-hybridized carbons (Fsp3) is 0.462. The molecule has 0 spiro atoms. The van der Waals surface area contributed by atoms with Crippen molar-refractivity contribution in [1.29, 1.82) is 0 Å². The Morgan fingerprint density at radius 3 is 2.94 bits per heavy atom. The van der Waals surface area contributed by atoms with E-state index in [2.05, 4.69) is 17.0 Å². The lowest BCUT2D eigenvalue weighted by atomic mass is 9.99. The maximum Gasteiger partial charge on any atom is 0.240 e. The van der Waals surface area contributed by atoms with Gasteiger partial charge in [0.15, 0.2) is 0 Å². The normalized spacial score (nSPS) is 16.7. The van der Waals surface area contributed by atoms with Crippen LogP contribution in [0.15, 0.2) is 24.3 Å². The summed E-state index contributed by atoms with van der Waals surface area (Å²) in [5, 5.41) is 0. The van der Waals surface area contributed by atoms with Gasteiger partial charge in [-0.1, -0.05) is 25.1 Å². The third kappa shape index (κ3) is 1.90. The fourth-order valence-corrected chi connectivity index (χ4v) is 2.46. The molecule has 1 unspecified atom stereocenters. The first-order chi connectivity index (χ1) is 7.74. The van der Waals surface area contributed by atoms with Crippen LogP contribution >= 0.6 is 0 Å². The third-order valence-electron chi connectivity index (χ3n) is 3.24. The molecule has 0 saturated carbocycles. The van der Waals surface area contributed by atoms with Gasteiger partial charge in [-0.2, -0.15) is 0 Å². The van der Waals surface area contributed by atoms with Crippen LogP contribution in [-0.4, -0.2) is 18.5 Å². The van der Waals surface area contributed by atoms with Gasteiger partial charge in [0.05, 0.1) is 0 Å². The largest absolute Gasteiger partial charge is 0.368 e. The number of rotatable bonds is 3. The second-order valence-corrected chi connectivity index (χ2v) is 4.25. The molecule has 3 nitrogen and oxygen atoms in total. The van der Waals surface area contributed by atoms with Crippen LogP contribution in [0.5, 0.6) is 0 Å². The van der Waals surface area contributed by atoms with Crippen molar-refractivity contribution in [3.05, 3.63) is 29.8 Å². The molecule has 0 radical (unpaired) electrons. The molecule has 0 aromatic heterocycles. The van der Waals surface area contributed by atoms with Crippen LogP contribution in [0.4, 0.5) is 5.69 Å². The van der Waals surface area contributed by atoms with Crippen LogP contribution in [0, 0.1) is 0 Å². The highest BCUT2D eigenvalue weighted by Gasteiger charge is 2.26. The van der Waals surface area contributed by atoms with Gasteiger partial charge < -0.3 is 10.6 Å². The minimum atomic E-state index is -0.223. The Bertz CT molecular complexity index is 389. The minimum absolute atomic E-state index is 0.165. The van der Waals surface area contributed by atoms with Crippen molar-refractivity contribution >= 4 is 11.6 Å². The van der Waals surface area contributed by atoms with Crippen LogP contribution in [0.3, 0.4) is 0 Å². The molecule has 1 atom stereocenters. The fourth-order valence-electron chi connectivity index (χ4n) is 2.46. The molecule has 0 aliphatic carbocycles. The number of aryl methyl sites for hydroxylation is 1. The number of primary amides is 1. The van der Waals surface area contributed by atoms with E-state index in [1.165, 1.54) is 11.3 Å². The minimum Gasteiger partial charge on any atom is -0.368 e. The third-order valence-corrected chi connectivity index (χ3v) is 3.24. The van der Waals surface area contributed by atoms with E-state index < -0.39 is 0 Å². The van der Waals surface area contributed by atoms with Crippen molar-refractivity contribution in [1.82, 2.24) is 0 Å². The van der Waals surface area contributed by atoms with E-state index in [1.807, 2.05) is 19.1 Å². The van der Waals surface area contributed by atoms with E-state index in [9.17, 15) is 4.79 Å². The predicted octanol–water partition coefficient (Wildman–Crippen LogP) is 1.70. The number of para-hydroxylation sites is 1. The molecule has 2 rings (SSSR count). The van der Waals surface area contributed by atoms with E-state index in [1.54, 1.807) is 0 Å². The van der Waals surface area contributed by atoms with Crippen molar-refractivity contribution in [2.75, 3.05) is 11.4 Å². The van der Waals surface area contributed by atoms with Crippen LogP contribution in [0.1, 0.15) is 25.3 Å². The molecule has 16 heavy (non-hydrogen) atoms. The van der Waals surface area contributed by atoms with E-state index in [4.69, 9.17) is 5.73 Å². The first-order valence-electron chi connectivity index (χ1n) is 5.88. The highest BCUT2D eigenvalue weighted by molar-refractivity contribution is 5.84. The van der Waals surface area contributed by atoms with Crippen LogP contribution in [0.2, 0.25) is 0 Å². The van der Waals surface area contributed by atoms with Crippen molar-refractivity contribution in [2.45, 2.75) is 32.2 Å². The summed E-state index contributed by atoms with van der Waals surface area (Å²) in [6.07, 6.45) is 2.96. The number of hydrogen-bond donors (Lipinski definition) is 1. The molecule has 3 heteroatoms. The Morgan fingerprint density at radius 2 is 2.25 bits per heavy atom. The number of carbonyl (C=O) groups excluding carboxylic acids is 1. The zero-order chi connectivity index (χ0) is 11.5. The van der Waals surface area contributed by atoms with E-state index in [0.717, 1.165) is 25.8 Å². The molecule has 1 amide bonds. The number of fused-ring (bicyclic) bond motifs is 1. The Labute approximate surface area is 96.2 Å². The molecular formula is C13H18N2O. The average Bonchev–Trinajstić information content (AvgIpc) is 2.30. The first kappa shape index (κ1) is 11.0. The second kappa shape index (κ2) is 4.56. The molecule has 0 fully saturated rings. The maximum absolute atomic E-state index is 11.4. The standard InChI is InChI=1S/C13H18N2O/c1-2-11(13(14)16)15-9-5-7-10-6-3-4-8-12(10)15/h3-4,6,8,11H,2,5,7,9H2,1H3,(H2,14,16). The smallest absolute Gasteiger partial charge is 0.240 e. The number of carbonyl (C=O) groups is 1. The Kier molecular flexibility index (Phi) is 3.13. The monoisotopic (exact) mass is 218 g/mol. The van der Waals surface area contributed by atoms with Crippen molar-refractivity contribution in [3.8, 4) is 0 Å². The van der Waals surface area contributed by atoms with Gasteiger partial charge >= 0.3 is 0 Å². The number of nitrogens with zero attached hydrogens (tertiary/aromatic N) is 1. The van der Waals surface area contributed by atoms with Crippen molar-refractivity contribution < 1.29 is 4.79 Å². The summed E-state index contributed by atoms with van der Waals surface area (Å²) in [5.74, 6) is -0.223. The highest BCUT2D eigenvalue weighted by Crippen LogP contribution is 2.28. The van der Waals surface area contributed by atoms with Gasteiger partial charge in [-0.05, 0) is 30.9 Å². The number of amides is 1. The molecular weight excluding hydrogens is 200 g/mol. The molecule has 1 heterocycles. The van der Waals surface area contributed by atoms with E-state index >= 15 is 0 Å². The molecule has 86 valence electrons. The Morgan fingerprint density at radius 1 is 1.50 bits per heavy atom. The van der Waals surface area contributed by atoms with Crippen LogP contribution in [0.25, 0.3) is 0 Å². The number of hydrogen-bond acceptors (Lipinski definition) is 2. The summed E-state index contributed by atoms with van der Waals surface area (Å²) >= 11 is 0. The van der Waals surface area contributed by atoms with Gasteiger partial charge in [-0.25, -0.2) is 0 Å². The highest BCUT2D eigenvalue weighted by atomic mass is 16.1. The zero-order valence-corrected chi connectivity index (χ0v) is 9.65. The molecule has 1 aromatic rings. The van der Waals surface area contributed by atoms with Gasteiger partial charge in [-0.3, -0.25) is 4.79 Å². The molecule has 2 N–H and O–H groups in total.